The molecule has 82 valence electrons. The predicted molar refractivity (Wildman–Crippen MR) is 68.9 cm³/mol. The number of carbonyl (C=O) groups excluding carboxylic acids is 1. The SMILES string of the molecule is Cc1cccc(C(=O)Nc2ncc(Br)s2)c1. The van der Waals surface area contributed by atoms with Gasteiger partial charge in [0.15, 0.2) is 5.13 Å². The van der Waals surface area contributed by atoms with Gasteiger partial charge in [-0.2, -0.15) is 0 Å². The first-order chi connectivity index (χ1) is 7.65. The minimum absolute atomic E-state index is 0.134. The maximum atomic E-state index is 11.8. The molecule has 0 aliphatic heterocycles. The van der Waals surface area contributed by atoms with E-state index in [0.717, 1.165) is 9.35 Å². The summed E-state index contributed by atoms with van der Waals surface area (Å²) >= 11 is 4.68. The molecule has 2 aromatic rings. The second kappa shape index (κ2) is 4.76. The number of hydrogen-bond acceptors (Lipinski definition) is 3. The van der Waals surface area contributed by atoms with Gasteiger partial charge in [-0.15, -0.1) is 0 Å². The van der Waals surface area contributed by atoms with Gasteiger partial charge in [-0.05, 0) is 35.0 Å². The lowest BCUT2D eigenvalue weighted by molar-refractivity contribution is 0.102. The number of aryl methyl sites for hydroxylation is 1. The third-order valence-corrected chi connectivity index (χ3v) is 3.37. The van der Waals surface area contributed by atoms with Crippen molar-refractivity contribution in [3.05, 3.63) is 45.4 Å². The fourth-order valence-electron chi connectivity index (χ4n) is 1.27. The molecule has 0 aliphatic carbocycles. The lowest BCUT2D eigenvalue weighted by atomic mass is 10.1. The van der Waals surface area contributed by atoms with Gasteiger partial charge in [-0.1, -0.05) is 29.0 Å². The number of hydrogen-bond donors (Lipinski definition) is 1. The van der Waals surface area contributed by atoms with Crippen LogP contribution in [0.5, 0.6) is 0 Å². The summed E-state index contributed by atoms with van der Waals surface area (Å²) in [5.41, 5.74) is 1.71. The molecule has 0 saturated heterocycles. The van der Waals surface area contributed by atoms with Crippen molar-refractivity contribution < 1.29 is 4.79 Å². The van der Waals surface area contributed by atoms with E-state index in [4.69, 9.17) is 0 Å². The maximum absolute atomic E-state index is 11.8. The molecule has 2 rings (SSSR count). The Morgan fingerprint density at radius 1 is 1.50 bits per heavy atom. The molecule has 3 nitrogen and oxygen atoms in total. The number of benzene rings is 1. The number of anilines is 1. The number of halogens is 1. The van der Waals surface area contributed by atoms with Gasteiger partial charge in [-0.25, -0.2) is 4.98 Å². The first kappa shape index (κ1) is 11.3. The number of rotatable bonds is 2. The summed E-state index contributed by atoms with van der Waals surface area (Å²) in [6.45, 7) is 1.96. The molecule has 1 aromatic heterocycles. The van der Waals surface area contributed by atoms with E-state index < -0.39 is 0 Å². The Morgan fingerprint density at radius 3 is 2.94 bits per heavy atom. The van der Waals surface area contributed by atoms with Gasteiger partial charge in [-0.3, -0.25) is 10.1 Å². The molecule has 0 unspecified atom stereocenters. The predicted octanol–water partition coefficient (Wildman–Crippen LogP) is 3.47. The molecule has 1 heterocycles. The summed E-state index contributed by atoms with van der Waals surface area (Å²) in [6.07, 6.45) is 1.66. The highest BCUT2D eigenvalue weighted by Crippen LogP contribution is 2.23. The third-order valence-electron chi connectivity index (χ3n) is 1.98. The Morgan fingerprint density at radius 2 is 2.31 bits per heavy atom. The van der Waals surface area contributed by atoms with Crippen molar-refractivity contribution in [1.29, 1.82) is 0 Å². The van der Waals surface area contributed by atoms with Crippen LogP contribution in [0.2, 0.25) is 0 Å². The van der Waals surface area contributed by atoms with Crippen molar-refractivity contribution in [1.82, 2.24) is 4.98 Å². The van der Waals surface area contributed by atoms with E-state index in [-0.39, 0.29) is 5.91 Å². The zero-order chi connectivity index (χ0) is 11.5. The summed E-state index contributed by atoms with van der Waals surface area (Å²) < 4.78 is 0.895. The van der Waals surface area contributed by atoms with Gasteiger partial charge >= 0.3 is 0 Å². The van der Waals surface area contributed by atoms with Crippen LogP contribution in [0.3, 0.4) is 0 Å². The Hall–Kier alpha value is -1.20. The van der Waals surface area contributed by atoms with Crippen molar-refractivity contribution in [3.63, 3.8) is 0 Å². The number of nitrogens with zero attached hydrogens (tertiary/aromatic N) is 1. The fraction of sp³-hybridized carbons (Fsp3) is 0.0909. The molecule has 0 saturated carbocycles. The molecule has 0 bridgehead atoms. The highest BCUT2D eigenvalue weighted by Gasteiger charge is 2.08. The average molecular weight is 297 g/mol. The minimum atomic E-state index is -0.134. The van der Waals surface area contributed by atoms with Crippen LogP contribution in [0, 0.1) is 6.92 Å². The fourth-order valence-corrected chi connectivity index (χ4v) is 2.37. The van der Waals surface area contributed by atoms with Crippen molar-refractivity contribution in [3.8, 4) is 0 Å². The summed E-state index contributed by atoms with van der Waals surface area (Å²) in [4.78, 5) is 15.9. The normalized spacial score (nSPS) is 10.1. The first-order valence-corrected chi connectivity index (χ1v) is 6.25. The molecule has 1 aromatic carbocycles. The Kier molecular flexibility index (Phi) is 3.36. The van der Waals surface area contributed by atoms with Crippen LogP contribution < -0.4 is 5.32 Å². The zero-order valence-corrected chi connectivity index (χ0v) is 10.9. The number of aromatic nitrogens is 1. The largest absolute Gasteiger partial charge is 0.298 e. The number of thiazole rings is 1. The highest BCUT2D eigenvalue weighted by atomic mass is 79.9. The highest BCUT2D eigenvalue weighted by molar-refractivity contribution is 9.11. The molecular formula is C11H9BrN2OS. The second-order valence-corrected chi connectivity index (χ2v) is 5.70. The number of nitrogens with one attached hydrogen (secondary N) is 1. The van der Waals surface area contributed by atoms with E-state index in [2.05, 4.69) is 26.2 Å². The number of amides is 1. The molecule has 0 atom stereocenters. The molecular weight excluding hydrogens is 288 g/mol. The molecule has 0 aliphatic rings. The molecule has 5 heteroatoms. The van der Waals surface area contributed by atoms with Crippen LogP contribution in [0.4, 0.5) is 5.13 Å². The van der Waals surface area contributed by atoms with Gasteiger partial charge in [0, 0.05) is 5.56 Å². The van der Waals surface area contributed by atoms with Gasteiger partial charge in [0.05, 0.1) is 9.98 Å². The average Bonchev–Trinajstić information content (AvgIpc) is 2.64. The van der Waals surface area contributed by atoms with Crippen molar-refractivity contribution >= 4 is 38.3 Å². The summed E-state index contributed by atoms with van der Waals surface area (Å²) in [6, 6.07) is 7.45. The van der Waals surface area contributed by atoms with Crippen molar-refractivity contribution in [2.75, 3.05) is 5.32 Å². The molecule has 1 N–H and O–H groups in total. The molecule has 0 fully saturated rings. The third kappa shape index (κ3) is 2.68. The second-order valence-electron chi connectivity index (χ2n) is 3.29. The Bertz CT molecular complexity index is 524. The van der Waals surface area contributed by atoms with Crippen LogP contribution in [0.25, 0.3) is 0 Å². The smallest absolute Gasteiger partial charge is 0.257 e. The molecule has 16 heavy (non-hydrogen) atoms. The lowest BCUT2D eigenvalue weighted by Crippen LogP contribution is -2.11. The van der Waals surface area contributed by atoms with E-state index in [0.29, 0.717) is 10.7 Å². The first-order valence-electron chi connectivity index (χ1n) is 4.64. The molecule has 0 radical (unpaired) electrons. The van der Waals surface area contributed by atoms with E-state index in [1.807, 2.05) is 25.1 Å². The van der Waals surface area contributed by atoms with E-state index >= 15 is 0 Å². The van der Waals surface area contributed by atoms with E-state index in [9.17, 15) is 4.79 Å². The molecule has 0 spiro atoms. The summed E-state index contributed by atoms with van der Waals surface area (Å²) in [7, 11) is 0. The zero-order valence-electron chi connectivity index (χ0n) is 8.53. The monoisotopic (exact) mass is 296 g/mol. The quantitative estimate of drug-likeness (QED) is 0.922. The Balaban J connectivity index is 2.14. The van der Waals surface area contributed by atoms with Crippen LogP contribution in [-0.2, 0) is 0 Å². The van der Waals surface area contributed by atoms with Gasteiger partial charge in [0.1, 0.15) is 0 Å². The van der Waals surface area contributed by atoms with Crippen LogP contribution in [0.15, 0.2) is 34.2 Å². The van der Waals surface area contributed by atoms with E-state index in [1.165, 1.54) is 11.3 Å². The standard InChI is InChI=1S/C11H9BrN2OS/c1-7-3-2-4-8(5-7)10(15)14-11-13-6-9(12)16-11/h2-6H,1H3,(H,13,14,15). The number of carbonyl (C=O) groups is 1. The van der Waals surface area contributed by atoms with Crippen molar-refractivity contribution in [2.45, 2.75) is 6.92 Å². The van der Waals surface area contributed by atoms with Crippen molar-refractivity contribution in [2.24, 2.45) is 0 Å². The van der Waals surface area contributed by atoms with Gasteiger partial charge < -0.3 is 0 Å². The summed E-state index contributed by atoms with van der Waals surface area (Å²) in [5.74, 6) is -0.134. The van der Waals surface area contributed by atoms with Crippen LogP contribution in [-0.4, -0.2) is 10.9 Å². The van der Waals surface area contributed by atoms with Gasteiger partial charge in [0.2, 0.25) is 0 Å². The van der Waals surface area contributed by atoms with E-state index in [1.54, 1.807) is 12.3 Å². The topological polar surface area (TPSA) is 42.0 Å². The van der Waals surface area contributed by atoms with Crippen LogP contribution >= 0.6 is 27.3 Å². The molecule has 1 amide bonds. The lowest BCUT2D eigenvalue weighted by Gasteiger charge is -2.02. The summed E-state index contributed by atoms with van der Waals surface area (Å²) in [5, 5.41) is 3.34. The maximum Gasteiger partial charge on any atom is 0.257 e. The minimum Gasteiger partial charge on any atom is -0.298 e. The van der Waals surface area contributed by atoms with Crippen LogP contribution in [0.1, 0.15) is 15.9 Å². The van der Waals surface area contributed by atoms with Gasteiger partial charge in [0.25, 0.3) is 5.91 Å². The Labute approximate surface area is 106 Å².